The first-order valence-corrected chi connectivity index (χ1v) is 4.82. The van der Waals surface area contributed by atoms with Crippen molar-refractivity contribution >= 4 is 27.6 Å². The first-order chi connectivity index (χ1) is 6.57. The quantitative estimate of drug-likeness (QED) is 0.880. The molecular formula is C9H9BrFNO2. The van der Waals surface area contributed by atoms with Crippen molar-refractivity contribution < 1.29 is 14.3 Å². The third-order valence-electron chi connectivity index (χ3n) is 1.68. The molecule has 76 valence electrons. The molecule has 1 rings (SSSR count). The fourth-order valence-electron chi connectivity index (χ4n) is 1.04. The van der Waals surface area contributed by atoms with Crippen LogP contribution in [0, 0.1) is 5.82 Å². The van der Waals surface area contributed by atoms with Crippen LogP contribution in [-0.4, -0.2) is 17.6 Å². The molecule has 0 atom stereocenters. The Bertz CT molecular complexity index is 368. The lowest BCUT2D eigenvalue weighted by molar-refractivity contribution is 0.0695. The van der Waals surface area contributed by atoms with Crippen LogP contribution in [0.4, 0.5) is 10.1 Å². The number of aromatic carboxylic acids is 1. The molecule has 0 aliphatic heterocycles. The standard InChI is InChI=1S/C9H9BrFNO2/c1-2-12-6-4-3-5(9(13)14)7(10)8(6)11/h3-4,12H,2H2,1H3,(H,13,14). The Kier molecular flexibility index (Phi) is 3.46. The molecule has 3 nitrogen and oxygen atoms in total. The molecule has 0 aliphatic rings. The number of benzene rings is 1. The fraction of sp³-hybridized carbons (Fsp3) is 0.222. The van der Waals surface area contributed by atoms with Gasteiger partial charge in [-0.1, -0.05) is 0 Å². The molecule has 0 saturated heterocycles. The summed E-state index contributed by atoms with van der Waals surface area (Å²) < 4.78 is 13.4. The molecule has 0 unspecified atom stereocenters. The van der Waals surface area contributed by atoms with Crippen LogP contribution in [0.25, 0.3) is 0 Å². The van der Waals surface area contributed by atoms with Gasteiger partial charge in [-0.05, 0) is 35.0 Å². The van der Waals surface area contributed by atoms with E-state index in [2.05, 4.69) is 21.2 Å². The SMILES string of the molecule is CCNc1ccc(C(=O)O)c(Br)c1F. The van der Waals surface area contributed by atoms with E-state index in [1.165, 1.54) is 12.1 Å². The fourth-order valence-corrected chi connectivity index (χ4v) is 1.56. The second-order valence-electron chi connectivity index (χ2n) is 2.62. The van der Waals surface area contributed by atoms with Crippen molar-refractivity contribution in [2.24, 2.45) is 0 Å². The molecule has 2 N–H and O–H groups in total. The molecule has 14 heavy (non-hydrogen) atoms. The monoisotopic (exact) mass is 261 g/mol. The first-order valence-electron chi connectivity index (χ1n) is 4.03. The van der Waals surface area contributed by atoms with E-state index in [1.807, 2.05) is 6.92 Å². The van der Waals surface area contributed by atoms with Gasteiger partial charge in [0.1, 0.15) is 0 Å². The zero-order valence-corrected chi connectivity index (χ0v) is 9.06. The van der Waals surface area contributed by atoms with Crippen LogP contribution in [0.5, 0.6) is 0 Å². The van der Waals surface area contributed by atoms with Gasteiger partial charge in [0.25, 0.3) is 0 Å². The van der Waals surface area contributed by atoms with E-state index >= 15 is 0 Å². The summed E-state index contributed by atoms with van der Waals surface area (Å²) in [6.45, 7) is 2.41. The predicted molar refractivity (Wildman–Crippen MR) is 55.2 cm³/mol. The molecule has 0 radical (unpaired) electrons. The van der Waals surface area contributed by atoms with Crippen molar-refractivity contribution in [2.45, 2.75) is 6.92 Å². The third-order valence-corrected chi connectivity index (χ3v) is 2.46. The average Bonchev–Trinajstić information content (AvgIpc) is 2.13. The highest BCUT2D eigenvalue weighted by molar-refractivity contribution is 9.10. The van der Waals surface area contributed by atoms with Crippen molar-refractivity contribution in [1.29, 1.82) is 0 Å². The maximum atomic E-state index is 13.4. The molecule has 0 fully saturated rings. The van der Waals surface area contributed by atoms with E-state index in [1.54, 1.807) is 0 Å². The molecule has 1 aromatic carbocycles. The number of hydrogen-bond acceptors (Lipinski definition) is 2. The summed E-state index contributed by atoms with van der Waals surface area (Å²) in [6.07, 6.45) is 0. The van der Waals surface area contributed by atoms with Crippen molar-refractivity contribution in [3.63, 3.8) is 0 Å². The molecule has 5 heteroatoms. The van der Waals surface area contributed by atoms with Crippen LogP contribution in [-0.2, 0) is 0 Å². The van der Waals surface area contributed by atoms with Crippen molar-refractivity contribution in [3.05, 3.63) is 28.0 Å². The second-order valence-corrected chi connectivity index (χ2v) is 3.42. The molecule has 0 bridgehead atoms. The molecule has 0 amide bonds. The van der Waals surface area contributed by atoms with Crippen LogP contribution in [0.3, 0.4) is 0 Å². The summed E-state index contributed by atoms with van der Waals surface area (Å²) in [6, 6.07) is 2.76. The Morgan fingerprint density at radius 3 is 2.79 bits per heavy atom. The van der Waals surface area contributed by atoms with E-state index in [0.29, 0.717) is 12.2 Å². The summed E-state index contributed by atoms with van der Waals surface area (Å²) in [5.74, 6) is -1.73. The molecule has 1 aromatic rings. The Morgan fingerprint density at radius 2 is 2.29 bits per heavy atom. The lowest BCUT2D eigenvalue weighted by Gasteiger charge is -2.07. The van der Waals surface area contributed by atoms with Crippen molar-refractivity contribution in [1.82, 2.24) is 0 Å². The zero-order chi connectivity index (χ0) is 10.7. The molecule has 0 saturated carbocycles. The number of carbonyl (C=O) groups is 1. The maximum absolute atomic E-state index is 13.4. The first kappa shape index (κ1) is 11.0. The third kappa shape index (κ3) is 2.04. The number of hydrogen-bond donors (Lipinski definition) is 2. The number of nitrogens with one attached hydrogen (secondary N) is 1. The minimum Gasteiger partial charge on any atom is -0.478 e. The Hall–Kier alpha value is -1.10. The Morgan fingerprint density at radius 1 is 1.64 bits per heavy atom. The van der Waals surface area contributed by atoms with E-state index in [9.17, 15) is 9.18 Å². The Labute approximate surface area is 89.1 Å². The van der Waals surface area contributed by atoms with Gasteiger partial charge >= 0.3 is 5.97 Å². The summed E-state index contributed by atoms with van der Waals surface area (Å²) in [5, 5.41) is 11.5. The Balaban J connectivity index is 3.19. The van der Waals surface area contributed by atoms with Gasteiger partial charge in [-0.25, -0.2) is 9.18 Å². The van der Waals surface area contributed by atoms with Crippen LogP contribution < -0.4 is 5.32 Å². The van der Waals surface area contributed by atoms with Gasteiger partial charge in [-0.3, -0.25) is 0 Å². The minimum absolute atomic E-state index is 0.0246. The van der Waals surface area contributed by atoms with E-state index < -0.39 is 11.8 Å². The van der Waals surface area contributed by atoms with Gasteiger partial charge in [0, 0.05) is 6.54 Å². The predicted octanol–water partition coefficient (Wildman–Crippen LogP) is 2.72. The van der Waals surface area contributed by atoms with Gasteiger partial charge in [0.05, 0.1) is 15.7 Å². The summed E-state index contributed by atoms with van der Waals surface area (Å²) >= 11 is 2.91. The normalized spacial score (nSPS) is 9.93. The van der Waals surface area contributed by atoms with Gasteiger partial charge in [0.2, 0.25) is 0 Å². The summed E-state index contributed by atoms with van der Waals surface area (Å²) in [4.78, 5) is 10.6. The van der Waals surface area contributed by atoms with E-state index in [-0.39, 0.29) is 10.0 Å². The number of halogens is 2. The van der Waals surface area contributed by atoms with Crippen LogP contribution in [0.15, 0.2) is 16.6 Å². The van der Waals surface area contributed by atoms with Crippen LogP contribution in [0.2, 0.25) is 0 Å². The molecule has 0 spiro atoms. The van der Waals surface area contributed by atoms with Crippen LogP contribution >= 0.6 is 15.9 Å². The van der Waals surface area contributed by atoms with Gasteiger partial charge in [-0.15, -0.1) is 0 Å². The number of anilines is 1. The summed E-state index contributed by atoms with van der Waals surface area (Å²) in [5.41, 5.74) is 0.216. The highest BCUT2D eigenvalue weighted by Crippen LogP contribution is 2.26. The lowest BCUT2D eigenvalue weighted by atomic mass is 10.2. The largest absolute Gasteiger partial charge is 0.478 e. The highest BCUT2D eigenvalue weighted by Gasteiger charge is 2.14. The van der Waals surface area contributed by atoms with Gasteiger partial charge in [0.15, 0.2) is 5.82 Å². The number of carboxylic acids is 1. The molecule has 0 heterocycles. The smallest absolute Gasteiger partial charge is 0.336 e. The summed E-state index contributed by atoms with van der Waals surface area (Å²) in [7, 11) is 0. The highest BCUT2D eigenvalue weighted by atomic mass is 79.9. The minimum atomic E-state index is -1.15. The molecule has 0 aromatic heterocycles. The van der Waals surface area contributed by atoms with Crippen molar-refractivity contribution in [2.75, 3.05) is 11.9 Å². The second kappa shape index (κ2) is 4.41. The van der Waals surface area contributed by atoms with Crippen molar-refractivity contribution in [3.8, 4) is 0 Å². The van der Waals surface area contributed by atoms with Gasteiger partial charge in [-0.2, -0.15) is 0 Å². The lowest BCUT2D eigenvalue weighted by Crippen LogP contribution is -2.04. The number of rotatable bonds is 3. The van der Waals surface area contributed by atoms with Crippen LogP contribution in [0.1, 0.15) is 17.3 Å². The number of carboxylic acid groups (broad SMARTS) is 1. The average molecular weight is 262 g/mol. The topological polar surface area (TPSA) is 49.3 Å². The zero-order valence-electron chi connectivity index (χ0n) is 7.47. The maximum Gasteiger partial charge on any atom is 0.336 e. The molecule has 0 aliphatic carbocycles. The van der Waals surface area contributed by atoms with E-state index in [0.717, 1.165) is 0 Å². The van der Waals surface area contributed by atoms with E-state index in [4.69, 9.17) is 5.11 Å². The molecular weight excluding hydrogens is 253 g/mol. The van der Waals surface area contributed by atoms with Gasteiger partial charge < -0.3 is 10.4 Å².